The zero-order valence-electron chi connectivity index (χ0n) is 25.7. The van der Waals surface area contributed by atoms with Crippen LogP contribution in [-0.4, -0.2) is 30.1 Å². The summed E-state index contributed by atoms with van der Waals surface area (Å²) in [5.41, 5.74) is 5.18. The first-order chi connectivity index (χ1) is 19.0. The molecular weight excluding hydrogens is 557 g/mol. The van der Waals surface area contributed by atoms with Crippen LogP contribution in [0.25, 0.3) is 0 Å². The highest BCUT2D eigenvalue weighted by Gasteiger charge is 2.50. The second-order valence-electron chi connectivity index (χ2n) is 12.6. The molecule has 1 spiro atoms. The summed E-state index contributed by atoms with van der Waals surface area (Å²) in [6, 6.07) is 8.37. The molecule has 2 aromatic rings. The van der Waals surface area contributed by atoms with Gasteiger partial charge in [-0.15, -0.1) is 0 Å². The lowest BCUT2D eigenvalue weighted by molar-refractivity contribution is -0.140. The van der Waals surface area contributed by atoms with Crippen LogP contribution in [0.2, 0.25) is 0 Å². The Morgan fingerprint density at radius 1 is 0.829 bits per heavy atom. The minimum Gasteiger partial charge on any atom is -0.462 e. The highest BCUT2D eigenvalue weighted by molar-refractivity contribution is 7.82. The van der Waals surface area contributed by atoms with Crippen LogP contribution in [0.5, 0.6) is 11.5 Å². The van der Waals surface area contributed by atoms with Crippen LogP contribution in [0.3, 0.4) is 0 Å². The molecule has 4 rings (SSSR count). The maximum absolute atomic E-state index is 13.7. The van der Waals surface area contributed by atoms with Gasteiger partial charge in [0.1, 0.15) is 22.1 Å². The summed E-state index contributed by atoms with van der Waals surface area (Å²) in [6.45, 7) is 20.3. The molecule has 0 aliphatic carbocycles. The fraction of sp³-hybridized carbons (Fsp3) is 0.469. The normalized spacial score (nSPS) is 16.1. The average Bonchev–Trinajstić information content (AvgIpc) is 3.12. The zero-order valence-corrected chi connectivity index (χ0v) is 27.4. The summed E-state index contributed by atoms with van der Waals surface area (Å²) in [7, 11) is -3.80. The number of fused-ring (bicyclic) bond motifs is 2. The maximum atomic E-state index is 13.7. The highest BCUT2D eigenvalue weighted by atomic mass is 32.1. The largest absolute Gasteiger partial charge is 0.462 e. The zero-order chi connectivity index (χ0) is 30.5. The third-order valence-electron chi connectivity index (χ3n) is 6.95. The molecule has 0 unspecified atom stereocenters. The topological polar surface area (TPSA) is 83.4 Å². The maximum Gasteiger partial charge on any atom is 0.361 e. The molecule has 2 aromatic carbocycles. The number of carbonyl (C=O) groups is 2. The lowest BCUT2D eigenvalue weighted by Crippen LogP contribution is -2.23. The van der Waals surface area contributed by atoms with Gasteiger partial charge in [-0.05, 0) is 49.7 Å². The predicted molar refractivity (Wildman–Crippen MR) is 166 cm³/mol. The molecule has 0 N–H and O–H groups in total. The predicted octanol–water partition coefficient (Wildman–Crippen LogP) is 8.01. The second kappa shape index (κ2) is 11.0. The SMILES string of the molecule is CCOC(=O)C1=C(C(=O)OCC)P2(=NC1=S)Oc1c(cc(C)cc1C(C)(C)C)Cc1cc(C)cc(C(C)(C)C)c1O2. The number of esters is 2. The van der Waals surface area contributed by atoms with Crippen molar-refractivity contribution in [1.82, 2.24) is 0 Å². The summed E-state index contributed by atoms with van der Waals surface area (Å²) < 4.78 is 29.4. The molecule has 0 aromatic heterocycles. The van der Waals surface area contributed by atoms with E-state index in [4.69, 9.17) is 35.5 Å². The van der Waals surface area contributed by atoms with Gasteiger partial charge >= 0.3 is 19.4 Å². The smallest absolute Gasteiger partial charge is 0.361 e. The van der Waals surface area contributed by atoms with Gasteiger partial charge in [-0.25, -0.2) is 9.59 Å². The van der Waals surface area contributed by atoms with E-state index in [2.05, 4.69) is 79.7 Å². The Kier molecular flexibility index (Phi) is 8.34. The molecule has 2 aliphatic heterocycles. The van der Waals surface area contributed by atoms with Gasteiger partial charge in [-0.2, -0.15) is 4.74 Å². The van der Waals surface area contributed by atoms with E-state index in [1.807, 2.05) is 0 Å². The minimum absolute atomic E-state index is 0.0806. The van der Waals surface area contributed by atoms with Crippen molar-refractivity contribution in [2.75, 3.05) is 13.2 Å². The fourth-order valence-electron chi connectivity index (χ4n) is 5.16. The van der Waals surface area contributed by atoms with Crippen LogP contribution in [-0.2, 0) is 36.3 Å². The highest BCUT2D eigenvalue weighted by Crippen LogP contribution is 2.66. The van der Waals surface area contributed by atoms with Crippen molar-refractivity contribution in [2.45, 2.75) is 86.5 Å². The average molecular weight is 598 g/mol. The number of rotatable bonds is 4. The van der Waals surface area contributed by atoms with Gasteiger partial charge in [0.15, 0.2) is 5.31 Å². The van der Waals surface area contributed by atoms with Crippen LogP contribution in [0.1, 0.15) is 88.8 Å². The summed E-state index contributed by atoms with van der Waals surface area (Å²) in [5.74, 6) is -0.348. The number of thiocarbonyl (C=S) groups is 1. The van der Waals surface area contributed by atoms with Crippen LogP contribution in [0.4, 0.5) is 0 Å². The van der Waals surface area contributed by atoms with Crippen LogP contribution >= 0.6 is 19.7 Å². The monoisotopic (exact) mass is 597 g/mol. The lowest BCUT2D eigenvalue weighted by Gasteiger charge is -2.35. The number of carbonyl (C=O) groups excluding carboxylic acids is 2. The molecular formula is C32H40NO6PS. The van der Waals surface area contributed by atoms with Crippen LogP contribution in [0, 0.1) is 13.8 Å². The van der Waals surface area contributed by atoms with Crippen molar-refractivity contribution in [3.8, 4) is 11.5 Å². The van der Waals surface area contributed by atoms with E-state index in [9.17, 15) is 9.59 Å². The quantitative estimate of drug-likeness (QED) is 0.201. The molecule has 2 aliphatic rings. The molecule has 9 heteroatoms. The van der Waals surface area contributed by atoms with Crippen molar-refractivity contribution in [2.24, 2.45) is 4.74 Å². The molecule has 0 radical (unpaired) electrons. The Morgan fingerprint density at radius 2 is 1.27 bits per heavy atom. The van der Waals surface area contributed by atoms with E-state index in [0.29, 0.717) is 17.9 Å². The first-order valence-corrected chi connectivity index (χ1v) is 15.9. The summed E-state index contributed by atoms with van der Waals surface area (Å²) in [6.07, 6.45) is 0.549. The number of benzene rings is 2. The molecule has 7 nitrogen and oxygen atoms in total. The number of ether oxygens (including phenoxy) is 2. The first kappa shape index (κ1) is 31.0. The Bertz CT molecular complexity index is 1470. The van der Waals surface area contributed by atoms with Gasteiger partial charge in [0.25, 0.3) is 0 Å². The fourth-order valence-corrected chi connectivity index (χ4v) is 8.18. The Hall–Kier alpha value is -2.96. The van der Waals surface area contributed by atoms with Crippen molar-refractivity contribution in [1.29, 1.82) is 0 Å². The molecule has 220 valence electrons. The van der Waals surface area contributed by atoms with Crippen molar-refractivity contribution in [3.63, 3.8) is 0 Å². The van der Waals surface area contributed by atoms with Gasteiger partial charge in [0.2, 0.25) is 0 Å². The van der Waals surface area contributed by atoms with Gasteiger partial charge in [-0.1, -0.05) is 89.2 Å². The lowest BCUT2D eigenvalue weighted by atomic mass is 9.81. The first-order valence-electron chi connectivity index (χ1n) is 13.9. The second-order valence-corrected chi connectivity index (χ2v) is 15.0. The number of aryl methyl sites for hydroxylation is 2. The molecule has 0 atom stereocenters. The molecule has 2 heterocycles. The molecule has 41 heavy (non-hydrogen) atoms. The summed E-state index contributed by atoms with van der Waals surface area (Å²) >= 11 is 5.63. The summed E-state index contributed by atoms with van der Waals surface area (Å²) in [4.78, 5) is 26.9. The van der Waals surface area contributed by atoms with Crippen molar-refractivity contribution in [3.05, 3.63) is 68.5 Å². The van der Waals surface area contributed by atoms with Crippen molar-refractivity contribution >= 4 is 36.7 Å². The number of nitrogens with zero attached hydrogens (tertiary/aromatic N) is 1. The van der Waals surface area contributed by atoms with E-state index < -0.39 is 19.4 Å². The third kappa shape index (κ3) is 5.87. The van der Waals surface area contributed by atoms with E-state index in [0.717, 1.165) is 33.4 Å². The van der Waals surface area contributed by atoms with Crippen molar-refractivity contribution < 1.29 is 28.1 Å². The molecule has 0 saturated heterocycles. The Morgan fingerprint density at radius 3 is 1.68 bits per heavy atom. The Balaban J connectivity index is 2.18. The Labute approximate surface area is 248 Å². The minimum atomic E-state index is -3.80. The molecule has 0 fully saturated rings. The summed E-state index contributed by atoms with van der Waals surface area (Å²) in [5, 5.41) is -0.109. The van der Waals surface area contributed by atoms with Crippen LogP contribution < -0.4 is 9.05 Å². The van der Waals surface area contributed by atoms with E-state index >= 15 is 0 Å². The molecule has 0 saturated carbocycles. The van der Waals surface area contributed by atoms with E-state index in [1.165, 1.54) is 0 Å². The molecule has 0 bridgehead atoms. The van der Waals surface area contributed by atoms with E-state index in [1.54, 1.807) is 13.8 Å². The van der Waals surface area contributed by atoms with Gasteiger partial charge in [-0.3, -0.25) is 0 Å². The van der Waals surface area contributed by atoms with Gasteiger partial charge < -0.3 is 18.5 Å². The number of hydrogen-bond donors (Lipinski definition) is 0. The van der Waals surface area contributed by atoms with E-state index in [-0.39, 0.29) is 39.9 Å². The third-order valence-corrected chi connectivity index (χ3v) is 9.68. The number of hydrogen-bond acceptors (Lipinski definition) is 7. The van der Waals surface area contributed by atoms with Crippen LogP contribution in [0.15, 0.2) is 39.9 Å². The van der Waals surface area contributed by atoms with Gasteiger partial charge in [0, 0.05) is 17.5 Å². The van der Waals surface area contributed by atoms with Gasteiger partial charge in [0.05, 0.1) is 13.2 Å². The standard InChI is InChI=1S/C32H40NO6PS/c1-11-36-29(34)24-27(30(35)37-12-2)40(33-28(24)41)38-25-20(13-18(3)15-22(25)31(5,6)7)17-21-14-19(4)16-23(26(21)39-40)32(8,9)10/h13-16H,11-12,17H2,1-10H3. The molecule has 0 amide bonds.